The molecule has 0 aromatic carbocycles. The van der Waals surface area contributed by atoms with Crippen LogP contribution in [0.1, 0.15) is 92.4 Å². The monoisotopic (exact) mass is 435 g/mol. The van der Waals surface area contributed by atoms with Gasteiger partial charge in [0.15, 0.2) is 0 Å². The molecule has 6 nitrogen and oxygen atoms in total. The van der Waals surface area contributed by atoms with Crippen molar-refractivity contribution >= 4 is 12.0 Å². The first-order valence-electron chi connectivity index (χ1n) is 12.8. The van der Waals surface area contributed by atoms with E-state index in [1.807, 2.05) is 25.7 Å². The van der Waals surface area contributed by atoms with E-state index in [4.69, 9.17) is 4.74 Å². The largest absolute Gasteiger partial charge is 0.444 e. The van der Waals surface area contributed by atoms with Gasteiger partial charge in [-0.3, -0.25) is 4.79 Å². The van der Waals surface area contributed by atoms with Crippen LogP contribution in [0.4, 0.5) is 4.79 Å². The van der Waals surface area contributed by atoms with E-state index < -0.39 is 5.60 Å². The number of ether oxygens (including phenoxy) is 1. The second-order valence-electron chi connectivity index (χ2n) is 10.9. The van der Waals surface area contributed by atoms with Gasteiger partial charge in [-0.2, -0.15) is 0 Å². The van der Waals surface area contributed by atoms with Crippen molar-refractivity contribution in [3.63, 3.8) is 0 Å². The minimum Gasteiger partial charge on any atom is -0.444 e. The predicted octanol–water partition coefficient (Wildman–Crippen LogP) is 4.57. The number of nitrogens with one attached hydrogen (secondary N) is 1. The Kier molecular flexibility index (Phi) is 8.28. The van der Waals surface area contributed by atoms with Crippen LogP contribution in [-0.4, -0.2) is 65.2 Å². The Hall–Kier alpha value is -1.30. The smallest absolute Gasteiger partial charge is 0.410 e. The van der Waals surface area contributed by atoms with Crippen molar-refractivity contribution in [1.82, 2.24) is 15.1 Å². The standard InChI is InChI=1S/C25H45N3O3/c1-6-18(7-2)23(29)27-16-13-19(14-17-27)26-21-11-8-10-20(21)22-12-9-15-28(22)24(30)31-25(3,4)5/h18-22,26H,6-17H2,1-5H3/t20-,21-,22-/m1/s1. The molecule has 1 saturated carbocycles. The third-order valence-electron chi connectivity index (χ3n) is 7.58. The molecule has 0 unspecified atom stereocenters. The fraction of sp³-hybridized carbons (Fsp3) is 0.920. The second-order valence-corrected chi connectivity index (χ2v) is 10.9. The summed E-state index contributed by atoms with van der Waals surface area (Å²) in [5, 5.41) is 3.95. The van der Waals surface area contributed by atoms with E-state index >= 15 is 0 Å². The Morgan fingerprint density at radius 2 is 1.65 bits per heavy atom. The van der Waals surface area contributed by atoms with Gasteiger partial charge < -0.3 is 19.9 Å². The normalized spacial score (nSPS) is 27.9. The van der Waals surface area contributed by atoms with Crippen LogP contribution >= 0.6 is 0 Å². The van der Waals surface area contributed by atoms with Gasteiger partial charge in [0, 0.05) is 43.7 Å². The van der Waals surface area contributed by atoms with E-state index in [1.54, 1.807) is 0 Å². The van der Waals surface area contributed by atoms with E-state index in [9.17, 15) is 9.59 Å². The lowest BCUT2D eigenvalue weighted by Crippen LogP contribution is -2.52. The number of rotatable bonds is 6. The molecule has 6 heteroatoms. The van der Waals surface area contributed by atoms with Crippen molar-refractivity contribution in [2.45, 2.75) is 116 Å². The zero-order valence-electron chi connectivity index (χ0n) is 20.5. The van der Waals surface area contributed by atoms with E-state index in [1.165, 1.54) is 19.3 Å². The van der Waals surface area contributed by atoms with Crippen molar-refractivity contribution in [2.24, 2.45) is 11.8 Å². The van der Waals surface area contributed by atoms with E-state index in [2.05, 4.69) is 24.1 Å². The summed E-state index contributed by atoms with van der Waals surface area (Å²) in [7, 11) is 0. The van der Waals surface area contributed by atoms with Crippen LogP contribution in [0.15, 0.2) is 0 Å². The Labute approximate surface area is 189 Å². The lowest BCUT2D eigenvalue weighted by atomic mass is 9.91. The van der Waals surface area contributed by atoms with Crippen LogP contribution in [-0.2, 0) is 9.53 Å². The molecule has 2 aliphatic heterocycles. The average Bonchev–Trinajstić information content (AvgIpc) is 3.37. The summed E-state index contributed by atoms with van der Waals surface area (Å²) in [6.07, 6.45) is 9.57. The molecular formula is C25H45N3O3. The van der Waals surface area contributed by atoms with Gasteiger partial charge in [0.1, 0.15) is 5.60 Å². The van der Waals surface area contributed by atoms with Gasteiger partial charge in [-0.15, -0.1) is 0 Å². The highest BCUT2D eigenvalue weighted by Gasteiger charge is 2.42. The molecule has 2 heterocycles. The Balaban J connectivity index is 1.53. The van der Waals surface area contributed by atoms with Crippen LogP contribution in [0, 0.1) is 11.8 Å². The molecule has 0 bridgehead atoms. The summed E-state index contributed by atoms with van der Waals surface area (Å²) in [5.74, 6) is 1.05. The van der Waals surface area contributed by atoms with Crippen molar-refractivity contribution in [2.75, 3.05) is 19.6 Å². The van der Waals surface area contributed by atoms with Crippen molar-refractivity contribution in [1.29, 1.82) is 0 Å². The topological polar surface area (TPSA) is 61.9 Å². The highest BCUT2D eigenvalue weighted by molar-refractivity contribution is 5.78. The molecule has 31 heavy (non-hydrogen) atoms. The summed E-state index contributed by atoms with van der Waals surface area (Å²) >= 11 is 0. The highest BCUT2D eigenvalue weighted by Crippen LogP contribution is 2.37. The number of hydrogen-bond acceptors (Lipinski definition) is 4. The van der Waals surface area contributed by atoms with E-state index in [-0.39, 0.29) is 12.0 Å². The van der Waals surface area contributed by atoms with Gasteiger partial charge >= 0.3 is 6.09 Å². The minimum absolute atomic E-state index is 0.145. The summed E-state index contributed by atoms with van der Waals surface area (Å²) in [6.45, 7) is 12.6. The van der Waals surface area contributed by atoms with Crippen molar-refractivity contribution in [3.05, 3.63) is 0 Å². The quantitative estimate of drug-likeness (QED) is 0.664. The number of carbonyl (C=O) groups is 2. The fourth-order valence-corrected chi connectivity index (χ4v) is 5.91. The van der Waals surface area contributed by atoms with Crippen LogP contribution < -0.4 is 5.32 Å². The van der Waals surface area contributed by atoms with Gasteiger partial charge in [-0.1, -0.05) is 20.3 Å². The lowest BCUT2D eigenvalue weighted by Gasteiger charge is -2.38. The molecule has 3 rings (SSSR count). The maximum Gasteiger partial charge on any atom is 0.410 e. The molecule has 2 amide bonds. The van der Waals surface area contributed by atoms with Gasteiger partial charge in [-0.05, 0) is 78.1 Å². The Morgan fingerprint density at radius 1 is 0.968 bits per heavy atom. The Bertz CT molecular complexity index is 606. The SMILES string of the molecule is CCC(CC)C(=O)N1CCC(N[C@@H]2CCC[C@H]2[C@H]2CCCN2C(=O)OC(C)(C)C)CC1. The zero-order valence-corrected chi connectivity index (χ0v) is 20.5. The first kappa shape index (κ1) is 24.3. The van der Waals surface area contributed by atoms with Crippen LogP contribution in [0.3, 0.4) is 0 Å². The molecule has 3 atom stereocenters. The minimum atomic E-state index is -0.447. The van der Waals surface area contributed by atoms with E-state index in [0.29, 0.717) is 30.0 Å². The number of nitrogens with zero attached hydrogens (tertiary/aromatic N) is 2. The summed E-state index contributed by atoms with van der Waals surface area (Å²) in [6, 6.07) is 1.25. The van der Waals surface area contributed by atoms with Crippen molar-refractivity contribution < 1.29 is 14.3 Å². The molecular weight excluding hydrogens is 390 g/mol. The zero-order chi connectivity index (χ0) is 22.6. The third kappa shape index (κ3) is 6.15. The molecule has 0 spiro atoms. The third-order valence-corrected chi connectivity index (χ3v) is 7.58. The van der Waals surface area contributed by atoms with Gasteiger partial charge in [0.2, 0.25) is 5.91 Å². The lowest BCUT2D eigenvalue weighted by molar-refractivity contribution is -0.136. The molecule has 0 aromatic rings. The highest BCUT2D eigenvalue weighted by atomic mass is 16.6. The number of likely N-dealkylation sites (tertiary alicyclic amines) is 2. The van der Waals surface area contributed by atoms with Crippen LogP contribution in [0.25, 0.3) is 0 Å². The summed E-state index contributed by atoms with van der Waals surface area (Å²) in [4.78, 5) is 29.6. The first-order valence-corrected chi connectivity index (χ1v) is 12.8. The number of hydrogen-bond donors (Lipinski definition) is 1. The molecule has 1 aliphatic carbocycles. The molecule has 0 radical (unpaired) electrons. The summed E-state index contributed by atoms with van der Waals surface area (Å²) < 4.78 is 5.70. The second kappa shape index (κ2) is 10.5. The van der Waals surface area contributed by atoms with E-state index in [0.717, 1.165) is 58.2 Å². The van der Waals surface area contributed by atoms with Gasteiger partial charge in [0.25, 0.3) is 0 Å². The Morgan fingerprint density at radius 3 is 2.26 bits per heavy atom. The molecule has 1 N–H and O–H groups in total. The maximum atomic E-state index is 12.8. The molecule has 3 aliphatic rings. The van der Waals surface area contributed by atoms with Crippen LogP contribution in [0.5, 0.6) is 0 Å². The molecule has 0 aromatic heterocycles. The maximum absolute atomic E-state index is 12.8. The van der Waals surface area contributed by atoms with Crippen LogP contribution in [0.2, 0.25) is 0 Å². The fourth-order valence-electron chi connectivity index (χ4n) is 5.91. The van der Waals surface area contributed by atoms with Crippen molar-refractivity contribution in [3.8, 4) is 0 Å². The molecule has 178 valence electrons. The first-order chi connectivity index (χ1) is 14.7. The average molecular weight is 436 g/mol. The number of carbonyl (C=O) groups excluding carboxylic acids is 2. The number of amides is 2. The molecule has 3 fully saturated rings. The predicted molar refractivity (Wildman–Crippen MR) is 124 cm³/mol. The number of piperidine rings is 1. The van der Waals surface area contributed by atoms with Gasteiger partial charge in [-0.25, -0.2) is 4.79 Å². The molecule has 2 saturated heterocycles. The van der Waals surface area contributed by atoms with Gasteiger partial charge in [0.05, 0.1) is 0 Å². The summed E-state index contributed by atoms with van der Waals surface area (Å²) in [5.41, 5.74) is -0.447.